The number of nitrogens with zero attached hydrogens (tertiary/aromatic N) is 3. The van der Waals surface area contributed by atoms with Crippen LogP contribution in [0.5, 0.6) is 5.75 Å². The fourth-order valence-corrected chi connectivity index (χ4v) is 3.77. The molecule has 0 aliphatic rings. The number of thioether (sulfide) groups is 1. The molecule has 3 rings (SSSR count). The second-order valence-electron chi connectivity index (χ2n) is 7.83. The summed E-state index contributed by atoms with van der Waals surface area (Å²) in [5.74, 6) is 1.88. The summed E-state index contributed by atoms with van der Waals surface area (Å²) in [5, 5.41) is 14.7. The molecule has 0 aliphatic heterocycles. The minimum atomic E-state index is -0.170. The highest BCUT2D eigenvalue weighted by atomic mass is 32.2. The number of ether oxygens (including phenoxy) is 1. The fourth-order valence-electron chi connectivity index (χ4n) is 2.99. The minimum Gasteiger partial charge on any atom is -0.486 e. The van der Waals surface area contributed by atoms with Gasteiger partial charge >= 0.3 is 0 Å². The van der Waals surface area contributed by atoms with E-state index in [-0.39, 0.29) is 17.6 Å². The lowest BCUT2D eigenvalue weighted by Gasteiger charge is -2.12. The minimum absolute atomic E-state index is 0.159. The van der Waals surface area contributed by atoms with Gasteiger partial charge in [0.05, 0.1) is 5.75 Å². The topological polar surface area (TPSA) is 98.1 Å². The number of aromatic nitrogens is 3. The summed E-state index contributed by atoms with van der Waals surface area (Å²) in [6, 6.07) is 16.3. The molecule has 8 nitrogen and oxygen atoms in total. The molecule has 0 bridgehead atoms. The van der Waals surface area contributed by atoms with Crippen molar-refractivity contribution in [1.29, 1.82) is 0 Å². The van der Waals surface area contributed by atoms with E-state index in [4.69, 9.17) is 4.74 Å². The molecule has 2 N–H and O–H groups in total. The standard InChI is InChI=1S/C24H29N5O3S/c1-17(2)13-14-29-21(15-32-20-7-5-4-6-8-20)27-28-24(29)33-16-22(30)26-19-11-9-18(10-12-19)23(31)25-3/h4-12,17H,13-16H2,1-3H3,(H,25,31)(H,26,30). The molecule has 2 aromatic carbocycles. The number of rotatable bonds is 11. The van der Waals surface area contributed by atoms with Gasteiger partial charge in [-0.1, -0.05) is 43.8 Å². The highest BCUT2D eigenvalue weighted by molar-refractivity contribution is 7.99. The van der Waals surface area contributed by atoms with Crippen molar-refractivity contribution >= 4 is 29.3 Å². The molecule has 0 aliphatic carbocycles. The van der Waals surface area contributed by atoms with Crippen molar-refractivity contribution in [3.63, 3.8) is 0 Å². The second kappa shape index (κ2) is 12.1. The Hall–Kier alpha value is -3.33. The summed E-state index contributed by atoms with van der Waals surface area (Å²) in [6.45, 7) is 5.39. The summed E-state index contributed by atoms with van der Waals surface area (Å²) in [6.07, 6.45) is 0.966. The normalized spacial score (nSPS) is 10.8. The first kappa shape index (κ1) is 24.3. The summed E-state index contributed by atoms with van der Waals surface area (Å²) in [7, 11) is 1.58. The number of amides is 2. The van der Waals surface area contributed by atoms with Crippen LogP contribution in [0.25, 0.3) is 0 Å². The molecule has 33 heavy (non-hydrogen) atoms. The van der Waals surface area contributed by atoms with Gasteiger partial charge in [-0.2, -0.15) is 0 Å². The summed E-state index contributed by atoms with van der Waals surface area (Å²) in [5.41, 5.74) is 1.17. The molecule has 0 fully saturated rings. The van der Waals surface area contributed by atoms with Crippen molar-refractivity contribution in [2.24, 2.45) is 5.92 Å². The van der Waals surface area contributed by atoms with Gasteiger partial charge in [-0.3, -0.25) is 9.59 Å². The van der Waals surface area contributed by atoms with Crippen LogP contribution in [0.15, 0.2) is 59.8 Å². The van der Waals surface area contributed by atoms with Gasteiger partial charge in [0.15, 0.2) is 11.0 Å². The zero-order valence-corrected chi connectivity index (χ0v) is 19.9. The Balaban J connectivity index is 1.60. The van der Waals surface area contributed by atoms with Crippen LogP contribution in [0.1, 0.15) is 36.5 Å². The van der Waals surface area contributed by atoms with Gasteiger partial charge in [-0.05, 0) is 48.7 Å². The van der Waals surface area contributed by atoms with Crippen molar-refractivity contribution < 1.29 is 14.3 Å². The van der Waals surface area contributed by atoms with Crippen molar-refractivity contribution in [2.45, 2.75) is 38.6 Å². The average molecular weight is 468 g/mol. The van der Waals surface area contributed by atoms with Gasteiger partial charge in [0, 0.05) is 24.8 Å². The molecular weight excluding hydrogens is 438 g/mol. The Morgan fingerprint density at radius 3 is 2.45 bits per heavy atom. The zero-order chi connectivity index (χ0) is 23.6. The predicted octanol–water partition coefficient (Wildman–Crippen LogP) is 3.99. The molecular formula is C24H29N5O3S. The second-order valence-corrected chi connectivity index (χ2v) is 8.77. The van der Waals surface area contributed by atoms with E-state index in [0.29, 0.717) is 28.9 Å². The highest BCUT2D eigenvalue weighted by Gasteiger charge is 2.15. The van der Waals surface area contributed by atoms with Gasteiger partial charge in [-0.15, -0.1) is 10.2 Å². The van der Waals surface area contributed by atoms with Crippen LogP contribution in [0.3, 0.4) is 0 Å². The quantitative estimate of drug-likeness (QED) is 0.414. The smallest absolute Gasteiger partial charge is 0.251 e. The third kappa shape index (κ3) is 7.35. The van der Waals surface area contributed by atoms with Crippen molar-refractivity contribution in [3.8, 4) is 5.75 Å². The zero-order valence-electron chi connectivity index (χ0n) is 19.1. The van der Waals surface area contributed by atoms with Gasteiger partial charge in [0.2, 0.25) is 5.91 Å². The van der Waals surface area contributed by atoms with Crippen LogP contribution in [-0.4, -0.2) is 39.4 Å². The third-order valence-electron chi connectivity index (χ3n) is 4.82. The Morgan fingerprint density at radius 2 is 1.79 bits per heavy atom. The van der Waals surface area contributed by atoms with E-state index in [1.165, 1.54) is 11.8 Å². The third-order valence-corrected chi connectivity index (χ3v) is 5.79. The van der Waals surface area contributed by atoms with Crippen LogP contribution in [0.4, 0.5) is 5.69 Å². The van der Waals surface area contributed by atoms with Crippen molar-refractivity contribution in [1.82, 2.24) is 20.1 Å². The van der Waals surface area contributed by atoms with Crippen LogP contribution in [-0.2, 0) is 17.9 Å². The molecule has 3 aromatic rings. The molecule has 9 heteroatoms. The first-order chi connectivity index (χ1) is 16.0. The van der Waals surface area contributed by atoms with Gasteiger partial charge in [0.25, 0.3) is 5.91 Å². The van der Waals surface area contributed by atoms with E-state index in [2.05, 4.69) is 34.7 Å². The van der Waals surface area contributed by atoms with E-state index >= 15 is 0 Å². The Bertz CT molecular complexity index is 1050. The maximum Gasteiger partial charge on any atom is 0.251 e. The number of para-hydroxylation sites is 1. The van der Waals surface area contributed by atoms with Gasteiger partial charge in [-0.25, -0.2) is 0 Å². The predicted molar refractivity (Wildman–Crippen MR) is 129 cm³/mol. The summed E-state index contributed by atoms with van der Waals surface area (Å²) in [4.78, 5) is 24.1. The molecule has 2 amide bonds. The van der Waals surface area contributed by atoms with Crippen LogP contribution < -0.4 is 15.4 Å². The van der Waals surface area contributed by atoms with E-state index in [0.717, 1.165) is 24.5 Å². The molecule has 0 radical (unpaired) electrons. The summed E-state index contributed by atoms with van der Waals surface area (Å²) >= 11 is 1.34. The number of hydrogen-bond acceptors (Lipinski definition) is 6. The van der Waals surface area contributed by atoms with Crippen LogP contribution >= 0.6 is 11.8 Å². The molecule has 0 unspecified atom stereocenters. The van der Waals surface area contributed by atoms with E-state index in [1.54, 1.807) is 31.3 Å². The first-order valence-corrected chi connectivity index (χ1v) is 11.8. The Morgan fingerprint density at radius 1 is 1.06 bits per heavy atom. The largest absolute Gasteiger partial charge is 0.486 e. The molecule has 1 heterocycles. The number of carbonyl (C=O) groups excluding carboxylic acids is 2. The number of anilines is 1. The molecule has 0 atom stereocenters. The number of hydrogen-bond donors (Lipinski definition) is 2. The van der Waals surface area contributed by atoms with Crippen LogP contribution in [0, 0.1) is 5.92 Å². The van der Waals surface area contributed by atoms with E-state index in [1.807, 2.05) is 34.9 Å². The monoisotopic (exact) mass is 467 g/mol. The van der Waals surface area contributed by atoms with Crippen molar-refractivity contribution in [3.05, 3.63) is 66.0 Å². The van der Waals surface area contributed by atoms with Gasteiger partial charge < -0.3 is 19.9 Å². The summed E-state index contributed by atoms with van der Waals surface area (Å²) < 4.78 is 7.88. The SMILES string of the molecule is CNC(=O)c1ccc(NC(=O)CSc2nnc(COc3ccccc3)n2CCC(C)C)cc1. The number of benzene rings is 2. The Labute approximate surface area is 198 Å². The maximum absolute atomic E-state index is 12.5. The average Bonchev–Trinajstić information content (AvgIpc) is 3.22. The number of nitrogens with one attached hydrogen (secondary N) is 2. The molecule has 0 saturated carbocycles. The van der Waals surface area contributed by atoms with Crippen molar-refractivity contribution in [2.75, 3.05) is 18.1 Å². The lowest BCUT2D eigenvalue weighted by molar-refractivity contribution is -0.113. The van der Waals surface area contributed by atoms with E-state index < -0.39 is 0 Å². The maximum atomic E-state index is 12.5. The molecule has 174 valence electrons. The highest BCUT2D eigenvalue weighted by Crippen LogP contribution is 2.21. The molecule has 1 aromatic heterocycles. The lowest BCUT2D eigenvalue weighted by Crippen LogP contribution is -2.18. The molecule has 0 spiro atoms. The number of carbonyl (C=O) groups is 2. The van der Waals surface area contributed by atoms with Crippen LogP contribution in [0.2, 0.25) is 0 Å². The fraction of sp³-hybridized carbons (Fsp3) is 0.333. The first-order valence-electron chi connectivity index (χ1n) is 10.8. The van der Waals surface area contributed by atoms with Gasteiger partial charge in [0.1, 0.15) is 12.4 Å². The molecule has 0 saturated heterocycles. The Kier molecular flexibility index (Phi) is 8.88. The lowest BCUT2D eigenvalue weighted by atomic mass is 10.1. The van der Waals surface area contributed by atoms with E-state index in [9.17, 15) is 9.59 Å².